The Morgan fingerprint density at radius 3 is 2.04 bits per heavy atom. The summed E-state index contributed by atoms with van der Waals surface area (Å²) in [5, 5.41) is 3.26. The predicted molar refractivity (Wildman–Crippen MR) is 87.5 cm³/mol. The molecule has 1 aliphatic heterocycles. The molecule has 11 heteroatoms. The first-order chi connectivity index (χ1) is 11.2. The van der Waals surface area contributed by atoms with E-state index in [1.54, 1.807) is 13.8 Å². The minimum Gasteiger partial charge on any atom is -0.457 e. The average Bonchev–Trinajstić information content (AvgIpc) is 2.83. The molecule has 0 amide bonds. The second-order valence-corrected chi connectivity index (χ2v) is 6.54. The predicted octanol–water partition coefficient (Wildman–Crippen LogP) is 3.03. The summed E-state index contributed by atoms with van der Waals surface area (Å²) >= 11 is 0. The van der Waals surface area contributed by atoms with Gasteiger partial charge in [0.2, 0.25) is 5.85 Å². The minimum absolute atomic E-state index is 0.0252. The third-order valence-electron chi connectivity index (χ3n) is 3.98. The Labute approximate surface area is 143 Å². The summed E-state index contributed by atoms with van der Waals surface area (Å²) in [4.78, 5) is 20.0. The lowest BCUT2D eigenvalue weighted by Gasteiger charge is -2.44. The van der Waals surface area contributed by atoms with Gasteiger partial charge in [0.15, 0.2) is 0 Å². The fraction of sp³-hybridized carbons (Fsp3) is 0.846. The summed E-state index contributed by atoms with van der Waals surface area (Å²) in [6.45, 7) is 9.30. The van der Waals surface area contributed by atoms with E-state index in [1.165, 1.54) is 4.90 Å². The van der Waals surface area contributed by atoms with Crippen molar-refractivity contribution in [2.75, 3.05) is 6.54 Å². The van der Waals surface area contributed by atoms with Crippen LogP contribution < -0.4 is 5.32 Å². The number of hydrogen-bond donors (Lipinski definition) is 3. The summed E-state index contributed by atoms with van der Waals surface area (Å²) in [7, 11) is -6.17. The monoisotopic (exact) mass is 384 g/mol. The molecule has 0 spiro atoms. The zero-order valence-electron chi connectivity index (χ0n) is 14.6. The van der Waals surface area contributed by atoms with Crippen LogP contribution in [0.15, 0.2) is 11.5 Å². The smallest absolute Gasteiger partial charge is 0.457 e. The van der Waals surface area contributed by atoms with Crippen LogP contribution in [0.1, 0.15) is 53.9 Å². The Morgan fingerprint density at radius 1 is 1.21 bits per heavy atom. The number of rotatable bonds is 10. The molecule has 0 aromatic carbocycles. The third kappa shape index (κ3) is 4.29. The average molecular weight is 384 g/mol. The first-order valence-corrected chi connectivity index (χ1v) is 10.1. The van der Waals surface area contributed by atoms with E-state index in [1.807, 2.05) is 20.8 Å². The molecular weight excluding hydrogens is 358 g/mol. The van der Waals surface area contributed by atoms with Crippen LogP contribution in [0, 0.1) is 0 Å². The molecule has 0 saturated carbocycles. The maximum absolute atomic E-state index is 11.3. The number of nitrogens with zero attached hydrogens (tertiary/aromatic N) is 1. The fourth-order valence-corrected chi connectivity index (χ4v) is 4.00. The Kier molecular flexibility index (Phi) is 7.69. The number of hydrogen-bond acceptors (Lipinski definition) is 7. The number of nitrogens with one attached hydrogen (secondary N) is 1. The topological polar surface area (TPSA) is 118 Å². The van der Waals surface area contributed by atoms with Crippen molar-refractivity contribution in [2.24, 2.45) is 0 Å². The lowest BCUT2D eigenvalue weighted by Crippen LogP contribution is -2.66. The van der Waals surface area contributed by atoms with E-state index in [9.17, 15) is 18.9 Å². The van der Waals surface area contributed by atoms with Crippen molar-refractivity contribution >= 4 is 16.5 Å². The molecule has 9 nitrogen and oxygen atoms in total. The summed E-state index contributed by atoms with van der Waals surface area (Å²) in [6, 6.07) is 0. The quantitative estimate of drug-likeness (QED) is 0.386. The molecule has 0 aromatic heterocycles. The molecule has 1 aliphatic rings. The van der Waals surface area contributed by atoms with E-state index < -0.39 is 28.3 Å². The van der Waals surface area contributed by atoms with E-state index >= 15 is 0 Å². The second kappa shape index (κ2) is 8.63. The zero-order chi connectivity index (χ0) is 18.5. The molecule has 0 aromatic rings. The van der Waals surface area contributed by atoms with Gasteiger partial charge in [0, 0.05) is 28.5 Å². The van der Waals surface area contributed by atoms with Crippen molar-refractivity contribution in [2.45, 2.75) is 65.6 Å². The molecule has 0 aliphatic carbocycles. The van der Waals surface area contributed by atoms with Gasteiger partial charge in [-0.2, -0.15) is 4.90 Å². The van der Waals surface area contributed by atoms with Crippen LogP contribution in [0.2, 0.25) is 0 Å². The van der Waals surface area contributed by atoms with Crippen molar-refractivity contribution in [3.63, 3.8) is 0 Å². The van der Waals surface area contributed by atoms with Gasteiger partial charge in [-0.25, -0.2) is 0 Å². The standard InChI is InChI=1S/C13H24N2O7P2/c1-6-11-10(5)20-12(7-2,14-11)15(9-4)13(8-3,21-23(16)17)22-24(18)19/h14H,6-9H2,1-5H3/p+2. The summed E-state index contributed by atoms with van der Waals surface area (Å²) in [5.41, 5.74) is 0.877. The molecule has 138 valence electrons. The minimum atomic E-state index is -3.08. The lowest BCUT2D eigenvalue weighted by molar-refractivity contribution is -0.305. The highest BCUT2D eigenvalue weighted by atomic mass is 31.1. The summed E-state index contributed by atoms with van der Waals surface area (Å²) < 4.78 is 38.8. The van der Waals surface area contributed by atoms with Crippen molar-refractivity contribution in [3.8, 4) is 0 Å². The maximum atomic E-state index is 11.3. The van der Waals surface area contributed by atoms with E-state index in [0.29, 0.717) is 18.6 Å². The van der Waals surface area contributed by atoms with E-state index in [2.05, 4.69) is 5.32 Å². The second-order valence-electron chi connectivity index (χ2n) is 5.22. The molecule has 1 rings (SSSR count). The molecule has 0 radical (unpaired) electrons. The van der Waals surface area contributed by atoms with Gasteiger partial charge in [-0.1, -0.05) is 36.7 Å². The van der Waals surface area contributed by atoms with Gasteiger partial charge in [0.05, 0.1) is 5.70 Å². The van der Waals surface area contributed by atoms with Crippen LogP contribution in [0.5, 0.6) is 0 Å². The van der Waals surface area contributed by atoms with Crippen LogP contribution in [0.25, 0.3) is 0 Å². The molecule has 0 saturated heterocycles. The molecule has 3 atom stereocenters. The van der Waals surface area contributed by atoms with Gasteiger partial charge in [-0.3, -0.25) is 0 Å². The molecular formula is C13H26N2O7P2+2. The van der Waals surface area contributed by atoms with Crippen molar-refractivity contribution in [1.29, 1.82) is 0 Å². The van der Waals surface area contributed by atoms with Gasteiger partial charge in [-0.05, 0) is 13.3 Å². The van der Waals surface area contributed by atoms with Crippen LogP contribution in [0.3, 0.4) is 0 Å². The van der Waals surface area contributed by atoms with Crippen molar-refractivity contribution < 1.29 is 32.7 Å². The molecule has 3 N–H and O–H groups in total. The van der Waals surface area contributed by atoms with E-state index in [-0.39, 0.29) is 13.0 Å². The largest absolute Gasteiger partial charge is 0.699 e. The number of allylic oxidation sites excluding steroid dienone is 2. The highest BCUT2D eigenvalue weighted by Crippen LogP contribution is 2.44. The SMILES string of the molecule is CCC1=C(C)OC(CC)(N(CC)C(CC)(O[P+](=O)O)O[P+](=O)O)N1. The lowest BCUT2D eigenvalue weighted by atomic mass is 10.2. The van der Waals surface area contributed by atoms with Crippen LogP contribution in [0.4, 0.5) is 0 Å². The Morgan fingerprint density at radius 2 is 1.75 bits per heavy atom. The Balaban J connectivity index is 3.35. The Bertz CT molecular complexity index is 512. The first kappa shape index (κ1) is 21.4. The summed E-state index contributed by atoms with van der Waals surface area (Å²) in [5.74, 6) is -2.33. The highest BCUT2D eigenvalue weighted by molar-refractivity contribution is 7.33. The number of ether oxygens (including phenoxy) is 1. The van der Waals surface area contributed by atoms with Gasteiger partial charge >= 0.3 is 22.4 Å². The van der Waals surface area contributed by atoms with Crippen LogP contribution in [-0.2, 0) is 22.9 Å². The van der Waals surface area contributed by atoms with Gasteiger partial charge in [0.1, 0.15) is 5.76 Å². The molecule has 0 bridgehead atoms. The van der Waals surface area contributed by atoms with Crippen LogP contribution in [-0.4, -0.2) is 33.0 Å². The normalized spacial score (nSPS) is 24.5. The molecule has 0 fully saturated rings. The van der Waals surface area contributed by atoms with E-state index in [4.69, 9.17) is 13.8 Å². The maximum Gasteiger partial charge on any atom is 0.699 e. The van der Waals surface area contributed by atoms with Gasteiger partial charge < -0.3 is 10.1 Å². The van der Waals surface area contributed by atoms with Gasteiger partial charge in [0.25, 0.3) is 0 Å². The molecule has 3 unspecified atom stereocenters. The van der Waals surface area contributed by atoms with E-state index in [0.717, 1.165) is 5.70 Å². The van der Waals surface area contributed by atoms with Crippen molar-refractivity contribution in [3.05, 3.63) is 11.5 Å². The fourth-order valence-electron chi connectivity index (χ4n) is 2.93. The molecule has 1 heterocycles. The Hall–Kier alpha value is -0.660. The highest BCUT2D eigenvalue weighted by Gasteiger charge is 2.60. The van der Waals surface area contributed by atoms with Crippen molar-refractivity contribution in [1.82, 2.24) is 10.2 Å². The molecule has 24 heavy (non-hydrogen) atoms. The third-order valence-corrected chi connectivity index (χ3v) is 4.86. The summed E-state index contributed by atoms with van der Waals surface area (Å²) in [6.07, 6.45) is 1.16. The van der Waals surface area contributed by atoms with Gasteiger partial charge in [-0.15, -0.1) is 9.79 Å². The van der Waals surface area contributed by atoms with Crippen LogP contribution >= 0.6 is 16.5 Å². The zero-order valence-corrected chi connectivity index (χ0v) is 16.4. The first-order valence-electron chi connectivity index (χ1n) is 7.85.